The van der Waals surface area contributed by atoms with E-state index in [2.05, 4.69) is 15.7 Å². The molecule has 2 heterocycles. The van der Waals surface area contributed by atoms with E-state index >= 15 is 0 Å². The lowest BCUT2D eigenvalue weighted by Crippen LogP contribution is -2.36. The van der Waals surface area contributed by atoms with Crippen molar-refractivity contribution < 1.29 is 13.9 Å². The van der Waals surface area contributed by atoms with E-state index < -0.39 is 5.91 Å². The summed E-state index contributed by atoms with van der Waals surface area (Å²) in [5.74, 6) is 0.823. The Morgan fingerprint density at radius 2 is 2.40 bits per heavy atom. The smallest absolute Gasteiger partial charge is 0.254 e. The maximum Gasteiger partial charge on any atom is 0.254 e. The van der Waals surface area contributed by atoms with Gasteiger partial charge in [0.25, 0.3) is 5.91 Å². The molecule has 3 rings (SSSR count). The van der Waals surface area contributed by atoms with Crippen molar-refractivity contribution in [2.24, 2.45) is 11.7 Å². The third kappa shape index (κ3) is 3.58. The average molecular weight is 347 g/mol. The number of methoxy groups -OCH3 is 1. The number of amides is 1. The molecule has 8 heteroatoms. The molecule has 0 bridgehead atoms. The Labute approximate surface area is 145 Å². The van der Waals surface area contributed by atoms with Crippen molar-refractivity contribution in [3.63, 3.8) is 0 Å². The lowest BCUT2D eigenvalue weighted by Gasteiger charge is -2.27. The van der Waals surface area contributed by atoms with Gasteiger partial charge in [0.15, 0.2) is 0 Å². The molecule has 0 spiro atoms. The van der Waals surface area contributed by atoms with Crippen molar-refractivity contribution >= 4 is 11.7 Å². The summed E-state index contributed by atoms with van der Waals surface area (Å²) in [6, 6.07) is 4.44. The minimum atomic E-state index is -0.489. The molecule has 1 aromatic heterocycles. The van der Waals surface area contributed by atoms with Crippen LogP contribution in [0.1, 0.15) is 28.9 Å². The third-order valence-corrected chi connectivity index (χ3v) is 4.47. The SMILES string of the molecule is COc1ccc(F)cc1[C@H](C)NC[C@@H]1CNc2c(C(N)=O)cnn2C1. The van der Waals surface area contributed by atoms with E-state index in [0.29, 0.717) is 36.8 Å². The van der Waals surface area contributed by atoms with Gasteiger partial charge in [0.05, 0.1) is 13.3 Å². The highest BCUT2D eigenvalue weighted by Crippen LogP contribution is 2.26. The van der Waals surface area contributed by atoms with Gasteiger partial charge in [-0.3, -0.25) is 4.79 Å². The van der Waals surface area contributed by atoms with Gasteiger partial charge < -0.3 is 21.1 Å². The molecule has 7 nitrogen and oxygen atoms in total. The van der Waals surface area contributed by atoms with E-state index in [1.807, 2.05) is 6.92 Å². The van der Waals surface area contributed by atoms with Crippen molar-refractivity contribution in [2.75, 3.05) is 25.5 Å². The molecule has 25 heavy (non-hydrogen) atoms. The first-order valence-corrected chi connectivity index (χ1v) is 8.16. The van der Waals surface area contributed by atoms with E-state index in [1.165, 1.54) is 18.3 Å². The second kappa shape index (κ2) is 7.10. The quantitative estimate of drug-likeness (QED) is 0.737. The lowest BCUT2D eigenvalue weighted by molar-refractivity contribution is 0.100. The predicted molar refractivity (Wildman–Crippen MR) is 92.1 cm³/mol. The van der Waals surface area contributed by atoms with Crippen LogP contribution < -0.4 is 21.1 Å². The van der Waals surface area contributed by atoms with E-state index in [0.717, 1.165) is 5.56 Å². The Balaban J connectivity index is 1.63. The zero-order chi connectivity index (χ0) is 18.0. The number of nitrogens with zero attached hydrogens (tertiary/aromatic N) is 2. The number of halogens is 1. The molecule has 2 aromatic rings. The molecular formula is C17H22FN5O2. The number of hydrogen-bond acceptors (Lipinski definition) is 5. The second-order valence-corrected chi connectivity index (χ2v) is 6.22. The number of benzene rings is 1. The van der Waals surface area contributed by atoms with Gasteiger partial charge in [-0.2, -0.15) is 5.10 Å². The summed E-state index contributed by atoms with van der Waals surface area (Å²) in [6.07, 6.45) is 1.49. The Morgan fingerprint density at radius 3 is 3.12 bits per heavy atom. The van der Waals surface area contributed by atoms with Crippen LogP contribution in [-0.2, 0) is 6.54 Å². The number of fused-ring (bicyclic) bond motifs is 1. The minimum Gasteiger partial charge on any atom is -0.496 e. The number of nitrogens with one attached hydrogen (secondary N) is 2. The molecule has 0 saturated carbocycles. The first kappa shape index (κ1) is 17.2. The summed E-state index contributed by atoms with van der Waals surface area (Å²) in [5, 5.41) is 10.8. The molecule has 1 amide bonds. The monoisotopic (exact) mass is 347 g/mol. The average Bonchev–Trinajstić information content (AvgIpc) is 3.03. The van der Waals surface area contributed by atoms with Crippen LogP contribution >= 0.6 is 0 Å². The Bertz CT molecular complexity index is 776. The zero-order valence-electron chi connectivity index (χ0n) is 14.3. The summed E-state index contributed by atoms with van der Waals surface area (Å²) in [7, 11) is 1.57. The van der Waals surface area contributed by atoms with E-state index in [9.17, 15) is 9.18 Å². The van der Waals surface area contributed by atoms with Gasteiger partial charge in [-0.1, -0.05) is 0 Å². The molecule has 0 aliphatic carbocycles. The minimum absolute atomic E-state index is 0.0640. The molecular weight excluding hydrogens is 325 g/mol. The topological polar surface area (TPSA) is 94.2 Å². The summed E-state index contributed by atoms with van der Waals surface area (Å²) < 4.78 is 20.6. The summed E-state index contributed by atoms with van der Waals surface area (Å²) >= 11 is 0. The number of rotatable bonds is 6. The molecule has 1 aliphatic rings. The molecule has 0 saturated heterocycles. The van der Waals surface area contributed by atoms with Crippen LogP contribution in [0.3, 0.4) is 0 Å². The fourth-order valence-corrected chi connectivity index (χ4v) is 3.07. The number of nitrogens with two attached hydrogens (primary N) is 1. The summed E-state index contributed by atoms with van der Waals surface area (Å²) in [6.45, 7) is 4.05. The Morgan fingerprint density at radius 1 is 1.60 bits per heavy atom. The van der Waals surface area contributed by atoms with Crippen LogP contribution in [0.25, 0.3) is 0 Å². The lowest BCUT2D eigenvalue weighted by atomic mass is 10.0. The van der Waals surface area contributed by atoms with Crippen LogP contribution in [0.4, 0.5) is 10.2 Å². The molecule has 0 fully saturated rings. The van der Waals surface area contributed by atoms with Gasteiger partial charge in [0.2, 0.25) is 0 Å². The maximum absolute atomic E-state index is 13.5. The Hall–Kier alpha value is -2.61. The van der Waals surface area contributed by atoms with Crippen molar-refractivity contribution in [3.05, 3.63) is 41.3 Å². The molecule has 2 atom stereocenters. The zero-order valence-corrected chi connectivity index (χ0v) is 14.3. The highest BCUT2D eigenvalue weighted by atomic mass is 19.1. The van der Waals surface area contributed by atoms with Gasteiger partial charge in [-0.05, 0) is 25.1 Å². The standard InChI is InChI=1S/C17H22FN5O2/c1-10(13-5-12(18)3-4-15(13)25-2)20-6-11-7-21-17-14(16(19)24)8-22-23(17)9-11/h3-5,8,10-11,20-21H,6-7,9H2,1-2H3,(H2,19,24)/t10-,11+/m0/s1. The Kier molecular flexibility index (Phi) is 4.89. The summed E-state index contributed by atoms with van der Waals surface area (Å²) in [4.78, 5) is 11.3. The van der Waals surface area contributed by atoms with E-state index in [4.69, 9.17) is 10.5 Å². The van der Waals surface area contributed by atoms with Gasteiger partial charge in [-0.15, -0.1) is 0 Å². The van der Waals surface area contributed by atoms with Crippen molar-refractivity contribution in [3.8, 4) is 5.75 Å². The molecule has 0 unspecified atom stereocenters. The number of anilines is 1. The number of primary amides is 1. The summed E-state index contributed by atoms with van der Waals surface area (Å²) in [5.41, 5.74) is 6.52. The van der Waals surface area contributed by atoms with Gasteiger partial charge in [0.1, 0.15) is 22.9 Å². The predicted octanol–water partition coefficient (Wildman–Crippen LogP) is 1.52. The van der Waals surface area contributed by atoms with Crippen LogP contribution in [0.5, 0.6) is 5.75 Å². The number of ether oxygens (including phenoxy) is 1. The van der Waals surface area contributed by atoms with Gasteiger partial charge in [0, 0.05) is 37.2 Å². The van der Waals surface area contributed by atoms with Crippen LogP contribution in [0.15, 0.2) is 24.4 Å². The van der Waals surface area contributed by atoms with E-state index in [1.54, 1.807) is 17.9 Å². The molecule has 1 aliphatic heterocycles. The fourth-order valence-electron chi connectivity index (χ4n) is 3.07. The van der Waals surface area contributed by atoms with Gasteiger partial charge in [-0.25, -0.2) is 9.07 Å². The third-order valence-electron chi connectivity index (χ3n) is 4.47. The highest BCUT2D eigenvalue weighted by molar-refractivity contribution is 5.97. The number of aromatic nitrogens is 2. The second-order valence-electron chi connectivity index (χ2n) is 6.22. The van der Waals surface area contributed by atoms with Crippen LogP contribution in [0, 0.1) is 11.7 Å². The molecule has 4 N–H and O–H groups in total. The molecule has 0 radical (unpaired) electrons. The number of carbonyl (C=O) groups is 1. The normalized spacial score (nSPS) is 17.5. The number of hydrogen-bond donors (Lipinski definition) is 3. The largest absolute Gasteiger partial charge is 0.496 e. The maximum atomic E-state index is 13.5. The molecule has 1 aromatic carbocycles. The van der Waals surface area contributed by atoms with Crippen LogP contribution in [0.2, 0.25) is 0 Å². The number of carbonyl (C=O) groups excluding carboxylic acids is 1. The van der Waals surface area contributed by atoms with Crippen molar-refractivity contribution in [1.29, 1.82) is 0 Å². The first-order valence-electron chi connectivity index (χ1n) is 8.16. The van der Waals surface area contributed by atoms with E-state index in [-0.39, 0.29) is 17.8 Å². The van der Waals surface area contributed by atoms with Gasteiger partial charge >= 0.3 is 0 Å². The molecule has 134 valence electrons. The first-order chi connectivity index (χ1) is 12.0. The van der Waals surface area contributed by atoms with Crippen molar-refractivity contribution in [2.45, 2.75) is 19.5 Å². The van der Waals surface area contributed by atoms with Crippen molar-refractivity contribution in [1.82, 2.24) is 15.1 Å². The van der Waals surface area contributed by atoms with Crippen LogP contribution in [-0.4, -0.2) is 35.9 Å². The fraction of sp³-hybridized carbons (Fsp3) is 0.412. The highest BCUT2D eigenvalue weighted by Gasteiger charge is 2.24.